The van der Waals surface area contributed by atoms with E-state index >= 15 is 0 Å². The van der Waals surface area contributed by atoms with Crippen LogP contribution in [0.3, 0.4) is 0 Å². The molecule has 38 heavy (non-hydrogen) atoms. The van der Waals surface area contributed by atoms with Crippen molar-refractivity contribution in [1.82, 2.24) is 5.32 Å². The van der Waals surface area contributed by atoms with Crippen molar-refractivity contribution in [1.29, 1.82) is 0 Å². The molecule has 1 amide bonds. The smallest absolute Gasteiger partial charge is 0.254 e. The Morgan fingerprint density at radius 3 is 2.68 bits per heavy atom. The highest BCUT2D eigenvalue weighted by atomic mass is 35.5. The molecular formula is C31H35ClN2O3S. The molecule has 1 saturated carbocycles. The minimum Gasteiger partial charge on any atom is -0.490 e. The Kier molecular flexibility index (Phi) is 9.02. The van der Waals surface area contributed by atoms with Crippen LogP contribution in [0.1, 0.15) is 83.8 Å². The first-order valence-corrected chi connectivity index (χ1v) is 14.9. The normalized spacial score (nSPS) is 15.8. The maximum Gasteiger partial charge on any atom is 0.254 e. The summed E-state index contributed by atoms with van der Waals surface area (Å²) in [6.07, 6.45) is 11.9. The number of ether oxygens (including phenoxy) is 2. The third-order valence-corrected chi connectivity index (χ3v) is 8.83. The van der Waals surface area contributed by atoms with Crippen molar-refractivity contribution in [3.05, 3.63) is 74.6 Å². The summed E-state index contributed by atoms with van der Waals surface area (Å²) in [5.74, 6) is 1.36. The largest absolute Gasteiger partial charge is 0.490 e. The number of aryl methyl sites for hydroxylation is 1. The fraction of sp³-hybridized carbons (Fsp3) is 0.419. The van der Waals surface area contributed by atoms with E-state index in [4.69, 9.17) is 26.1 Å². The van der Waals surface area contributed by atoms with Gasteiger partial charge in [0.2, 0.25) is 0 Å². The summed E-state index contributed by atoms with van der Waals surface area (Å²) >= 11 is 7.96. The maximum atomic E-state index is 13.5. The monoisotopic (exact) mass is 550 g/mol. The molecule has 1 heterocycles. The predicted molar refractivity (Wildman–Crippen MR) is 156 cm³/mol. The van der Waals surface area contributed by atoms with Crippen molar-refractivity contribution in [3.63, 3.8) is 0 Å². The Hall–Kier alpha value is -2.83. The van der Waals surface area contributed by atoms with E-state index in [0.717, 1.165) is 53.8 Å². The number of nitrogens with one attached hydrogen (secondary N) is 1. The van der Waals surface area contributed by atoms with Gasteiger partial charge in [-0.25, -0.2) is 4.99 Å². The number of carbonyl (C=O) groups excluding carboxylic acids is 1. The van der Waals surface area contributed by atoms with Crippen LogP contribution >= 0.6 is 22.9 Å². The molecule has 0 spiro atoms. The SMILES string of the molecule is CCOc1cc(C=Nc2sc3c(c2C(=O)NC2CCCCC2)CCCC3)ccc1OCc1ccccc1Cl. The summed E-state index contributed by atoms with van der Waals surface area (Å²) in [6.45, 7) is 2.82. The number of aliphatic imine (C=N–C) groups is 1. The number of benzene rings is 2. The van der Waals surface area contributed by atoms with E-state index in [1.807, 2.05) is 55.6 Å². The van der Waals surface area contributed by atoms with Crippen LogP contribution in [0.25, 0.3) is 0 Å². The predicted octanol–water partition coefficient (Wildman–Crippen LogP) is 8.07. The van der Waals surface area contributed by atoms with Crippen molar-refractivity contribution in [3.8, 4) is 11.5 Å². The van der Waals surface area contributed by atoms with Gasteiger partial charge in [-0.2, -0.15) is 0 Å². The van der Waals surface area contributed by atoms with E-state index in [1.165, 1.54) is 36.1 Å². The highest BCUT2D eigenvalue weighted by Crippen LogP contribution is 2.40. The highest BCUT2D eigenvalue weighted by molar-refractivity contribution is 7.16. The fourth-order valence-corrected chi connectivity index (χ4v) is 6.70. The molecule has 0 radical (unpaired) electrons. The lowest BCUT2D eigenvalue weighted by Crippen LogP contribution is -2.36. The molecule has 2 aromatic carbocycles. The van der Waals surface area contributed by atoms with Gasteiger partial charge in [0, 0.05) is 27.7 Å². The number of rotatable bonds is 9. The van der Waals surface area contributed by atoms with Crippen molar-refractivity contribution < 1.29 is 14.3 Å². The molecule has 5 nitrogen and oxygen atoms in total. The molecule has 5 rings (SSSR count). The molecule has 0 unspecified atom stereocenters. The first kappa shape index (κ1) is 26.8. The third kappa shape index (κ3) is 6.41. The van der Waals surface area contributed by atoms with Crippen LogP contribution in [0.4, 0.5) is 5.00 Å². The zero-order valence-corrected chi connectivity index (χ0v) is 23.5. The first-order chi connectivity index (χ1) is 18.6. The summed E-state index contributed by atoms with van der Waals surface area (Å²) < 4.78 is 11.9. The quantitative estimate of drug-likeness (QED) is 0.274. The standard InChI is InChI=1S/C31H35ClN2O3S/c1-2-36-27-18-21(16-17-26(27)37-20-22-10-6-8-14-25(22)32)19-33-31-29(24-13-7-9-15-28(24)38-31)30(35)34-23-11-4-3-5-12-23/h6,8,10,14,16-19,23H,2-5,7,9,11-13,15,20H2,1H3,(H,34,35). The molecule has 0 bridgehead atoms. The van der Waals surface area contributed by atoms with Crippen LogP contribution in [0.15, 0.2) is 47.5 Å². The van der Waals surface area contributed by atoms with E-state index in [9.17, 15) is 4.79 Å². The van der Waals surface area contributed by atoms with E-state index < -0.39 is 0 Å². The van der Waals surface area contributed by atoms with Crippen molar-refractivity contribution in [2.75, 3.05) is 6.61 Å². The number of hydrogen-bond acceptors (Lipinski definition) is 5. The second-order valence-corrected chi connectivity index (χ2v) is 11.5. The van der Waals surface area contributed by atoms with Gasteiger partial charge < -0.3 is 14.8 Å². The topological polar surface area (TPSA) is 59.9 Å². The van der Waals surface area contributed by atoms with Crippen molar-refractivity contribution in [2.24, 2.45) is 4.99 Å². The van der Waals surface area contributed by atoms with Gasteiger partial charge in [0.25, 0.3) is 5.91 Å². The second-order valence-electron chi connectivity index (χ2n) is 9.98. The number of thiophene rings is 1. The third-order valence-electron chi connectivity index (χ3n) is 7.26. The molecule has 0 atom stereocenters. The average Bonchev–Trinajstić information content (AvgIpc) is 3.31. The molecule has 1 fully saturated rings. The molecule has 1 N–H and O–H groups in total. The number of carbonyl (C=O) groups is 1. The lowest BCUT2D eigenvalue weighted by Gasteiger charge is -2.23. The summed E-state index contributed by atoms with van der Waals surface area (Å²) in [4.78, 5) is 19.6. The summed E-state index contributed by atoms with van der Waals surface area (Å²) in [5, 5.41) is 4.81. The van der Waals surface area contributed by atoms with Crippen LogP contribution in [-0.2, 0) is 19.4 Å². The molecule has 200 valence electrons. The van der Waals surface area contributed by atoms with Gasteiger partial charge in [0.15, 0.2) is 11.5 Å². The Bertz CT molecular complexity index is 1300. The van der Waals surface area contributed by atoms with Crippen LogP contribution < -0.4 is 14.8 Å². The number of hydrogen-bond donors (Lipinski definition) is 1. The molecule has 3 aromatic rings. The van der Waals surface area contributed by atoms with Gasteiger partial charge in [-0.15, -0.1) is 11.3 Å². The van der Waals surface area contributed by atoms with E-state index in [0.29, 0.717) is 29.7 Å². The zero-order valence-electron chi connectivity index (χ0n) is 21.9. The molecular weight excluding hydrogens is 516 g/mol. The van der Waals surface area contributed by atoms with Crippen LogP contribution in [-0.4, -0.2) is 24.8 Å². The lowest BCUT2D eigenvalue weighted by atomic mass is 9.93. The Labute approximate surface area is 234 Å². The van der Waals surface area contributed by atoms with Crippen LogP contribution in [0, 0.1) is 0 Å². The molecule has 0 saturated heterocycles. The van der Waals surface area contributed by atoms with Crippen LogP contribution in [0.5, 0.6) is 11.5 Å². The van der Waals surface area contributed by atoms with E-state index in [1.54, 1.807) is 11.3 Å². The summed E-state index contributed by atoms with van der Waals surface area (Å²) in [6, 6.07) is 13.7. The van der Waals surface area contributed by atoms with E-state index in [2.05, 4.69) is 5.32 Å². The Morgan fingerprint density at radius 1 is 1.05 bits per heavy atom. The molecule has 0 aliphatic heterocycles. The van der Waals surface area contributed by atoms with Crippen LogP contribution in [0.2, 0.25) is 5.02 Å². The number of fused-ring (bicyclic) bond motifs is 1. The molecule has 2 aliphatic rings. The maximum absolute atomic E-state index is 13.5. The van der Waals surface area contributed by atoms with Gasteiger partial charge in [-0.3, -0.25) is 4.79 Å². The molecule has 2 aliphatic carbocycles. The van der Waals surface area contributed by atoms with Crippen molar-refractivity contribution in [2.45, 2.75) is 77.4 Å². The van der Waals surface area contributed by atoms with Gasteiger partial charge >= 0.3 is 0 Å². The summed E-state index contributed by atoms with van der Waals surface area (Å²) in [5.41, 5.74) is 3.81. The second kappa shape index (κ2) is 12.8. The minimum atomic E-state index is 0.0433. The van der Waals surface area contributed by atoms with E-state index in [-0.39, 0.29) is 11.9 Å². The van der Waals surface area contributed by atoms with Gasteiger partial charge in [0.1, 0.15) is 11.6 Å². The molecule has 1 aromatic heterocycles. The van der Waals surface area contributed by atoms with Gasteiger partial charge in [-0.1, -0.05) is 49.1 Å². The average molecular weight is 551 g/mol. The number of nitrogens with zero attached hydrogens (tertiary/aromatic N) is 1. The highest BCUT2D eigenvalue weighted by Gasteiger charge is 2.27. The lowest BCUT2D eigenvalue weighted by molar-refractivity contribution is 0.0927. The van der Waals surface area contributed by atoms with Gasteiger partial charge in [-0.05, 0) is 80.8 Å². The first-order valence-electron chi connectivity index (χ1n) is 13.7. The number of halogens is 1. The minimum absolute atomic E-state index is 0.0433. The van der Waals surface area contributed by atoms with Crippen molar-refractivity contribution >= 4 is 40.1 Å². The summed E-state index contributed by atoms with van der Waals surface area (Å²) in [7, 11) is 0. The Morgan fingerprint density at radius 2 is 1.87 bits per heavy atom. The zero-order chi connectivity index (χ0) is 26.3. The van der Waals surface area contributed by atoms with Gasteiger partial charge in [0.05, 0.1) is 12.2 Å². The Balaban J connectivity index is 1.36. The fourth-order valence-electron chi connectivity index (χ4n) is 5.28. The molecule has 7 heteroatoms. The number of amides is 1.